The van der Waals surface area contributed by atoms with Crippen LogP contribution in [0.1, 0.15) is 62.8 Å². The van der Waals surface area contributed by atoms with Gasteiger partial charge in [-0.05, 0) is 25.8 Å². The molecule has 1 aromatic heterocycles. The van der Waals surface area contributed by atoms with E-state index in [1.807, 2.05) is 14.0 Å². The number of ether oxygens (including phenoxy) is 1. The number of benzene rings is 1. The first-order chi connectivity index (χ1) is 13.9. The lowest BCUT2D eigenvalue weighted by Crippen LogP contribution is -2.26. The zero-order valence-corrected chi connectivity index (χ0v) is 18.1. The van der Waals surface area contributed by atoms with Crippen molar-refractivity contribution in [3.8, 4) is 0 Å². The summed E-state index contributed by atoms with van der Waals surface area (Å²) in [5.74, 6) is -0.829. The Kier molecular flexibility index (Phi) is 6.63. The van der Waals surface area contributed by atoms with Crippen LogP contribution in [0, 0.1) is 5.82 Å². The number of esters is 1. The maximum atomic E-state index is 15.1. The molecule has 5 nitrogen and oxygen atoms in total. The number of unbranched alkanes of at least 4 members (excludes halogenated alkanes) is 1. The van der Waals surface area contributed by atoms with E-state index in [4.69, 9.17) is 16.3 Å². The molecule has 3 rings (SSSR count). The van der Waals surface area contributed by atoms with Crippen molar-refractivity contribution in [3.63, 3.8) is 0 Å². The summed E-state index contributed by atoms with van der Waals surface area (Å²) < 4.78 is 22.4. The second-order valence-electron chi connectivity index (χ2n) is 7.31. The van der Waals surface area contributed by atoms with E-state index in [0.717, 1.165) is 42.8 Å². The van der Waals surface area contributed by atoms with E-state index in [9.17, 15) is 4.79 Å². The molecule has 0 amide bonds. The molecule has 0 aliphatic carbocycles. The fourth-order valence-electron chi connectivity index (χ4n) is 3.79. The highest BCUT2D eigenvalue weighted by Crippen LogP contribution is 2.45. The second-order valence-corrected chi connectivity index (χ2v) is 7.72. The third-order valence-electron chi connectivity index (χ3n) is 5.18. The largest absolute Gasteiger partial charge is 0.462 e. The van der Waals surface area contributed by atoms with Crippen LogP contribution in [0.4, 0.5) is 10.2 Å². The van der Waals surface area contributed by atoms with Crippen LogP contribution in [0.3, 0.4) is 0 Å². The van der Waals surface area contributed by atoms with Crippen LogP contribution < -0.4 is 5.32 Å². The highest BCUT2D eigenvalue weighted by Gasteiger charge is 2.38. The Bertz CT molecular complexity index is 952. The summed E-state index contributed by atoms with van der Waals surface area (Å²) in [5.41, 5.74) is 3.04. The van der Waals surface area contributed by atoms with Crippen LogP contribution in [-0.4, -0.2) is 22.4 Å². The van der Waals surface area contributed by atoms with Gasteiger partial charge in [0, 0.05) is 23.9 Å². The van der Waals surface area contributed by atoms with E-state index in [2.05, 4.69) is 17.3 Å². The standard InChI is InChI=1S/C22H27ClFN3O2/c1-5-7-12-29-22(28)17-13(3)25-21-19(16(9-6-2)26-27(21)4)18(17)14-10-8-11-15(23)20(14)24/h8,10-11,18,25H,5-7,9,12H2,1-4H3. The van der Waals surface area contributed by atoms with Gasteiger partial charge in [0.25, 0.3) is 0 Å². The molecule has 1 unspecified atom stereocenters. The van der Waals surface area contributed by atoms with Crippen LogP contribution >= 0.6 is 11.6 Å². The molecule has 1 aromatic carbocycles. The number of hydrogen-bond acceptors (Lipinski definition) is 4. The maximum Gasteiger partial charge on any atom is 0.336 e. The number of aryl methyl sites for hydroxylation is 2. The molecule has 0 saturated heterocycles. The number of carbonyl (C=O) groups excluding carboxylic acids is 1. The molecule has 1 aliphatic heterocycles. The molecule has 0 saturated carbocycles. The average Bonchev–Trinajstić information content (AvgIpc) is 2.98. The molecule has 0 radical (unpaired) electrons. The Morgan fingerprint density at radius 3 is 2.79 bits per heavy atom. The minimum Gasteiger partial charge on any atom is -0.462 e. The van der Waals surface area contributed by atoms with Crippen molar-refractivity contribution in [2.75, 3.05) is 11.9 Å². The van der Waals surface area contributed by atoms with E-state index in [1.165, 1.54) is 6.07 Å². The van der Waals surface area contributed by atoms with Gasteiger partial charge in [0.15, 0.2) is 0 Å². The molecule has 0 bridgehead atoms. The smallest absolute Gasteiger partial charge is 0.336 e. The lowest BCUT2D eigenvalue weighted by atomic mass is 9.80. The number of halogens is 2. The Morgan fingerprint density at radius 1 is 1.34 bits per heavy atom. The van der Waals surface area contributed by atoms with Crippen molar-refractivity contribution < 1.29 is 13.9 Å². The summed E-state index contributed by atoms with van der Waals surface area (Å²) in [5, 5.41) is 7.95. The number of aromatic nitrogens is 2. The SMILES string of the molecule is CCCCOC(=O)C1=C(C)Nc2c(c(CCC)nn2C)C1c1cccc(Cl)c1F. The zero-order valence-electron chi connectivity index (χ0n) is 17.3. The van der Waals surface area contributed by atoms with Gasteiger partial charge in [0.05, 0.1) is 28.8 Å². The first kappa shape index (κ1) is 21.4. The van der Waals surface area contributed by atoms with Gasteiger partial charge in [-0.1, -0.05) is 50.4 Å². The van der Waals surface area contributed by atoms with Crippen molar-refractivity contribution in [2.45, 2.75) is 52.4 Å². The van der Waals surface area contributed by atoms with Gasteiger partial charge >= 0.3 is 5.97 Å². The maximum absolute atomic E-state index is 15.1. The quantitative estimate of drug-likeness (QED) is 0.486. The molecule has 2 aromatic rings. The third-order valence-corrected chi connectivity index (χ3v) is 5.47. The highest BCUT2D eigenvalue weighted by molar-refractivity contribution is 6.30. The van der Waals surface area contributed by atoms with Gasteiger partial charge < -0.3 is 10.1 Å². The topological polar surface area (TPSA) is 56.1 Å². The van der Waals surface area contributed by atoms with Crippen molar-refractivity contribution in [2.24, 2.45) is 7.05 Å². The monoisotopic (exact) mass is 419 g/mol. The average molecular weight is 420 g/mol. The van der Waals surface area contributed by atoms with Crippen LogP contribution in [0.2, 0.25) is 5.02 Å². The minimum atomic E-state index is -0.630. The molecule has 0 fully saturated rings. The highest BCUT2D eigenvalue weighted by atomic mass is 35.5. The van der Waals surface area contributed by atoms with E-state index in [-0.39, 0.29) is 5.02 Å². The van der Waals surface area contributed by atoms with Gasteiger partial charge in [0.2, 0.25) is 0 Å². The number of anilines is 1. The first-order valence-corrected chi connectivity index (χ1v) is 10.4. The third kappa shape index (κ3) is 4.04. The van der Waals surface area contributed by atoms with Crippen molar-refractivity contribution in [3.05, 3.63) is 57.1 Å². The Hall–Kier alpha value is -2.34. The Balaban J connectivity index is 2.19. The van der Waals surface area contributed by atoms with E-state index >= 15 is 4.39 Å². The summed E-state index contributed by atoms with van der Waals surface area (Å²) in [4.78, 5) is 13.0. The summed E-state index contributed by atoms with van der Waals surface area (Å²) in [6, 6.07) is 4.89. The fraction of sp³-hybridized carbons (Fsp3) is 0.455. The van der Waals surface area contributed by atoms with Gasteiger partial charge in [0.1, 0.15) is 11.6 Å². The van der Waals surface area contributed by atoms with E-state index in [1.54, 1.807) is 23.7 Å². The first-order valence-electron chi connectivity index (χ1n) is 10.0. The number of hydrogen-bond donors (Lipinski definition) is 1. The lowest BCUT2D eigenvalue weighted by Gasteiger charge is -2.29. The fourth-order valence-corrected chi connectivity index (χ4v) is 3.97. The van der Waals surface area contributed by atoms with Crippen molar-refractivity contribution >= 4 is 23.4 Å². The molecule has 1 atom stereocenters. The number of allylic oxidation sites excluding steroid dienone is 1. The molecule has 1 aliphatic rings. The predicted molar refractivity (Wildman–Crippen MR) is 113 cm³/mol. The predicted octanol–water partition coefficient (Wildman–Crippen LogP) is 5.34. The van der Waals surface area contributed by atoms with E-state index in [0.29, 0.717) is 23.4 Å². The molecule has 29 heavy (non-hydrogen) atoms. The van der Waals surface area contributed by atoms with Gasteiger partial charge in [-0.15, -0.1) is 0 Å². The number of rotatable bonds is 7. The Labute approximate surface area is 175 Å². The molecule has 2 heterocycles. The lowest BCUT2D eigenvalue weighted by molar-refractivity contribution is -0.139. The zero-order chi connectivity index (χ0) is 21.1. The van der Waals surface area contributed by atoms with Crippen molar-refractivity contribution in [1.29, 1.82) is 0 Å². The minimum absolute atomic E-state index is 0.0277. The van der Waals surface area contributed by atoms with Crippen LogP contribution in [-0.2, 0) is 23.0 Å². The van der Waals surface area contributed by atoms with Crippen LogP contribution in [0.25, 0.3) is 0 Å². The summed E-state index contributed by atoms with van der Waals surface area (Å²) in [6.07, 6.45) is 3.30. The van der Waals surface area contributed by atoms with Crippen LogP contribution in [0.15, 0.2) is 29.5 Å². The van der Waals surface area contributed by atoms with Gasteiger partial charge in [-0.3, -0.25) is 4.68 Å². The van der Waals surface area contributed by atoms with E-state index < -0.39 is 17.7 Å². The summed E-state index contributed by atoms with van der Waals surface area (Å²) >= 11 is 6.09. The molecule has 1 N–H and O–H groups in total. The summed E-state index contributed by atoms with van der Waals surface area (Å²) in [6.45, 7) is 6.23. The normalized spacial score (nSPS) is 15.9. The summed E-state index contributed by atoms with van der Waals surface area (Å²) in [7, 11) is 1.84. The second kappa shape index (κ2) is 8.99. The van der Waals surface area contributed by atoms with Gasteiger partial charge in [-0.25, -0.2) is 9.18 Å². The molecule has 7 heteroatoms. The molecular formula is C22H27ClFN3O2. The number of nitrogens with zero attached hydrogens (tertiary/aromatic N) is 2. The molecular weight excluding hydrogens is 393 g/mol. The van der Waals surface area contributed by atoms with Gasteiger partial charge in [-0.2, -0.15) is 5.10 Å². The van der Waals surface area contributed by atoms with Crippen LogP contribution in [0.5, 0.6) is 0 Å². The number of fused-ring (bicyclic) bond motifs is 1. The van der Waals surface area contributed by atoms with Crippen molar-refractivity contribution in [1.82, 2.24) is 9.78 Å². The number of nitrogens with one attached hydrogen (secondary N) is 1. The Morgan fingerprint density at radius 2 is 2.10 bits per heavy atom. The molecule has 156 valence electrons. The number of carbonyl (C=O) groups is 1. The molecule has 0 spiro atoms.